The van der Waals surface area contributed by atoms with Crippen LogP contribution in [0.4, 0.5) is 0 Å². The molecule has 0 saturated heterocycles. The lowest BCUT2D eigenvalue weighted by atomic mass is 10.1. The van der Waals surface area contributed by atoms with E-state index in [1.165, 1.54) is 0 Å². The van der Waals surface area contributed by atoms with Gasteiger partial charge in [-0.05, 0) is 12.5 Å². The Balaban J connectivity index is 2.79. The average Bonchev–Trinajstić information content (AvgIpc) is 2.39. The van der Waals surface area contributed by atoms with Gasteiger partial charge >= 0.3 is 0 Å². The minimum absolute atomic E-state index is 0.120. The minimum Gasteiger partial charge on any atom is -0.496 e. The van der Waals surface area contributed by atoms with E-state index in [0.717, 1.165) is 5.56 Å². The minimum atomic E-state index is -3.24. The zero-order chi connectivity index (χ0) is 14.3. The van der Waals surface area contributed by atoms with E-state index in [9.17, 15) is 8.42 Å². The van der Waals surface area contributed by atoms with Crippen molar-refractivity contribution in [3.63, 3.8) is 0 Å². The van der Waals surface area contributed by atoms with Crippen molar-refractivity contribution >= 4 is 10.0 Å². The van der Waals surface area contributed by atoms with E-state index in [-0.39, 0.29) is 18.4 Å². The lowest BCUT2D eigenvalue weighted by Crippen LogP contribution is -2.31. The third-order valence-electron chi connectivity index (χ3n) is 2.73. The zero-order valence-electron chi connectivity index (χ0n) is 11.5. The Labute approximate surface area is 115 Å². The summed E-state index contributed by atoms with van der Waals surface area (Å²) in [6, 6.07) is 7.41. The molecule has 0 aliphatic heterocycles. The second-order valence-corrected chi connectivity index (χ2v) is 6.06. The van der Waals surface area contributed by atoms with Crippen molar-refractivity contribution in [3.8, 4) is 5.75 Å². The first-order valence-electron chi connectivity index (χ1n) is 6.17. The Morgan fingerprint density at radius 1 is 1.26 bits per heavy atom. The normalized spacial score (nSPS) is 13.2. The van der Waals surface area contributed by atoms with Crippen molar-refractivity contribution in [1.29, 1.82) is 0 Å². The van der Waals surface area contributed by atoms with Crippen LogP contribution in [0.3, 0.4) is 0 Å². The number of rotatable bonds is 8. The number of hydrogen-bond donors (Lipinski definition) is 1. The van der Waals surface area contributed by atoms with E-state index in [0.29, 0.717) is 12.2 Å². The summed E-state index contributed by atoms with van der Waals surface area (Å²) in [5.74, 6) is 0.805. The topological polar surface area (TPSA) is 64.6 Å². The van der Waals surface area contributed by atoms with Crippen molar-refractivity contribution in [3.05, 3.63) is 29.8 Å². The third-order valence-corrected chi connectivity index (χ3v) is 4.28. The first kappa shape index (κ1) is 15.9. The van der Waals surface area contributed by atoms with E-state index in [1.54, 1.807) is 14.2 Å². The van der Waals surface area contributed by atoms with Crippen LogP contribution in [0.5, 0.6) is 5.75 Å². The van der Waals surface area contributed by atoms with Crippen molar-refractivity contribution in [2.75, 3.05) is 26.5 Å². The summed E-state index contributed by atoms with van der Waals surface area (Å²) in [4.78, 5) is 0. The lowest BCUT2D eigenvalue weighted by Gasteiger charge is -2.19. The van der Waals surface area contributed by atoms with Gasteiger partial charge in [0.05, 0.1) is 19.0 Å². The Bertz CT molecular complexity index is 487. The Morgan fingerprint density at radius 3 is 2.53 bits per heavy atom. The average molecular weight is 287 g/mol. The predicted octanol–water partition coefficient (Wildman–Crippen LogP) is 1.71. The molecule has 0 spiro atoms. The van der Waals surface area contributed by atoms with Crippen molar-refractivity contribution in [1.82, 2.24) is 4.72 Å². The quantitative estimate of drug-likeness (QED) is 0.790. The maximum Gasteiger partial charge on any atom is 0.211 e. The second kappa shape index (κ2) is 7.47. The van der Waals surface area contributed by atoms with Crippen LogP contribution >= 0.6 is 0 Å². The van der Waals surface area contributed by atoms with Crippen LogP contribution in [0.15, 0.2) is 24.3 Å². The molecule has 0 aliphatic rings. The fraction of sp³-hybridized carbons (Fsp3) is 0.538. The van der Waals surface area contributed by atoms with Crippen LogP contribution in [0.2, 0.25) is 0 Å². The number of benzene rings is 1. The number of nitrogens with one attached hydrogen (secondary N) is 1. The standard InChI is InChI=1S/C13H21NO4S/c1-4-9-19(15,16)14-10-13(18-3)11-7-5-6-8-12(11)17-2/h5-8,13-14H,4,9-10H2,1-3H3/t13-/m0/s1. The van der Waals surface area contributed by atoms with Gasteiger partial charge < -0.3 is 9.47 Å². The second-order valence-electron chi connectivity index (χ2n) is 4.13. The predicted molar refractivity (Wildman–Crippen MR) is 74.8 cm³/mol. The summed E-state index contributed by atoms with van der Waals surface area (Å²) in [5, 5.41) is 0. The molecule has 1 aromatic carbocycles. The Hall–Kier alpha value is -1.11. The van der Waals surface area contributed by atoms with Gasteiger partial charge in [-0.1, -0.05) is 25.1 Å². The van der Waals surface area contributed by atoms with Crippen LogP contribution < -0.4 is 9.46 Å². The highest BCUT2D eigenvalue weighted by atomic mass is 32.2. The summed E-state index contributed by atoms with van der Waals surface area (Å²) in [7, 11) is -0.112. The molecule has 6 heteroatoms. The molecular weight excluding hydrogens is 266 g/mol. The number of para-hydroxylation sites is 1. The molecule has 0 radical (unpaired) electrons. The van der Waals surface area contributed by atoms with Crippen LogP contribution in [0.1, 0.15) is 25.0 Å². The zero-order valence-corrected chi connectivity index (χ0v) is 12.4. The fourth-order valence-corrected chi connectivity index (χ4v) is 2.88. The van der Waals surface area contributed by atoms with Crippen LogP contribution in [0.25, 0.3) is 0 Å². The lowest BCUT2D eigenvalue weighted by molar-refractivity contribution is 0.105. The summed E-state index contributed by atoms with van der Waals surface area (Å²) in [5.41, 5.74) is 0.826. The van der Waals surface area contributed by atoms with Gasteiger partial charge in [-0.2, -0.15) is 0 Å². The molecule has 0 unspecified atom stereocenters. The molecule has 19 heavy (non-hydrogen) atoms. The van der Waals surface area contributed by atoms with Crippen molar-refractivity contribution in [2.45, 2.75) is 19.4 Å². The van der Waals surface area contributed by atoms with Crippen molar-refractivity contribution < 1.29 is 17.9 Å². The molecular formula is C13H21NO4S. The highest BCUT2D eigenvalue weighted by molar-refractivity contribution is 7.89. The van der Waals surface area contributed by atoms with Gasteiger partial charge in [0, 0.05) is 19.2 Å². The molecule has 5 nitrogen and oxygen atoms in total. The molecule has 0 aromatic heterocycles. The number of methoxy groups -OCH3 is 2. The van der Waals surface area contributed by atoms with E-state index < -0.39 is 10.0 Å². The first-order chi connectivity index (χ1) is 9.04. The molecule has 0 saturated carbocycles. The SMILES string of the molecule is CCCS(=O)(=O)NC[C@H](OC)c1ccccc1OC. The molecule has 0 amide bonds. The van der Waals surface area contributed by atoms with E-state index in [1.807, 2.05) is 31.2 Å². The molecule has 0 bridgehead atoms. The fourth-order valence-electron chi connectivity index (χ4n) is 1.80. The van der Waals surface area contributed by atoms with Crippen LogP contribution in [0, 0.1) is 0 Å². The largest absolute Gasteiger partial charge is 0.496 e. The molecule has 0 fully saturated rings. The molecule has 108 valence electrons. The van der Waals surface area contributed by atoms with E-state index in [4.69, 9.17) is 9.47 Å². The third kappa shape index (κ3) is 4.81. The molecule has 1 rings (SSSR count). The maximum atomic E-state index is 11.6. The van der Waals surface area contributed by atoms with Gasteiger partial charge in [0.15, 0.2) is 0 Å². The molecule has 1 atom stereocenters. The van der Waals surface area contributed by atoms with Crippen LogP contribution in [-0.2, 0) is 14.8 Å². The summed E-state index contributed by atoms with van der Waals surface area (Å²) >= 11 is 0. The van der Waals surface area contributed by atoms with Gasteiger partial charge in [0.25, 0.3) is 0 Å². The summed E-state index contributed by atoms with van der Waals surface area (Å²) in [6.45, 7) is 2.02. The highest BCUT2D eigenvalue weighted by Gasteiger charge is 2.18. The van der Waals surface area contributed by atoms with Crippen LogP contribution in [-0.4, -0.2) is 34.9 Å². The van der Waals surface area contributed by atoms with E-state index in [2.05, 4.69) is 4.72 Å². The smallest absolute Gasteiger partial charge is 0.211 e. The monoisotopic (exact) mass is 287 g/mol. The van der Waals surface area contributed by atoms with Gasteiger partial charge in [-0.15, -0.1) is 0 Å². The highest BCUT2D eigenvalue weighted by Crippen LogP contribution is 2.26. The summed E-state index contributed by atoms with van der Waals surface area (Å²) < 4.78 is 36.4. The first-order valence-corrected chi connectivity index (χ1v) is 7.82. The summed E-state index contributed by atoms with van der Waals surface area (Å²) in [6.07, 6.45) is 0.213. The number of hydrogen-bond acceptors (Lipinski definition) is 4. The number of ether oxygens (including phenoxy) is 2. The van der Waals surface area contributed by atoms with Gasteiger partial charge in [0.1, 0.15) is 5.75 Å². The van der Waals surface area contributed by atoms with Crippen molar-refractivity contribution in [2.24, 2.45) is 0 Å². The Morgan fingerprint density at radius 2 is 1.95 bits per heavy atom. The molecule has 1 N–H and O–H groups in total. The van der Waals surface area contributed by atoms with Gasteiger partial charge in [0.2, 0.25) is 10.0 Å². The Kier molecular flexibility index (Phi) is 6.27. The van der Waals surface area contributed by atoms with Gasteiger partial charge in [-0.25, -0.2) is 13.1 Å². The molecule has 0 heterocycles. The number of sulfonamides is 1. The maximum absolute atomic E-state index is 11.6. The van der Waals surface area contributed by atoms with E-state index >= 15 is 0 Å². The van der Waals surface area contributed by atoms with Gasteiger partial charge in [-0.3, -0.25) is 0 Å². The molecule has 1 aromatic rings. The molecule has 0 aliphatic carbocycles.